The SMILES string of the molecule is COCC(N)c1cccc(Br)c1C. The Kier molecular flexibility index (Phi) is 3.90. The van der Waals surface area contributed by atoms with Crippen LogP contribution >= 0.6 is 15.9 Å². The Balaban J connectivity index is 2.93. The molecule has 1 unspecified atom stereocenters. The van der Waals surface area contributed by atoms with Crippen LogP contribution in [0, 0.1) is 6.92 Å². The highest BCUT2D eigenvalue weighted by Crippen LogP contribution is 2.23. The zero-order chi connectivity index (χ0) is 9.84. The molecule has 0 spiro atoms. The third-order valence-corrected chi connectivity index (χ3v) is 2.91. The van der Waals surface area contributed by atoms with Gasteiger partial charge in [0.25, 0.3) is 0 Å². The van der Waals surface area contributed by atoms with Gasteiger partial charge in [0.1, 0.15) is 0 Å². The molecular formula is C10H14BrNO. The zero-order valence-corrected chi connectivity index (χ0v) is 9.47. The van der Waals surface area contributed by atoms with Crippen LogP contribution in [0.1, 0.15) is 17.2 Å². The summed E-state index contributed by atoms with van der Waals surface area (Å²) in [5.74, 6) is 0. The molecule has 0 heterocycles. The normalized spacial score (nSPS) is 12.9. The minimum absolute atomic E-state index is 0.0394. The van der Waals surface area contributed by atoms with Gasteiger partial charge < -0.3 is 10.5 Å². The highest BCUT2D eigenvalue weighted by molar-refractivity contribution is 9.10. The van der Waals surface area contributed by atoms with Crippen LogP contribution in [-0.2, 0) is 4.74 Å². The maximum absolute atomic E-state index is 5.93. The van der Waals surface area contributed by atoms with Crippen LogP contribution in [0.25, 0.3) is 0 Å². The molecule has 2 N–H and O–H groups in total. The Morgan fingerprint density at radius 1 is 1.54 bits per heavy atom. The molecule has 3 heteroatoms. The highest BCUT2D eigenvalue weighted by Gasteiger charge is 2.09. The minimum Gasteiger partial charge on any atom is -0.383 e. The summed E-state index contributed by atoms with van der Waals surface area (Å²) in [6, 6.07) is 5.99. The van der Waals surface area contributed by atoms with E-state index < -0.39 is 0 Å². The van der Waals surface area contributed by atoms with Crippen molar-refractivity contribution >= 4 is 15.9 Å². The zero-order valence-electron chi connectivity index (χ0n) is 7.88. The van der Waals surface area contributed by atoms with E-state index in [4.69, 9.17) is 10.5 Å². The van der Waals surface area contributed by atoms with Gasteiger partial charge in [-0.2, -0.15) is 0 Å². The number of nitrogens with two attached hydrogens (primary N) is 1. The van der Waals surface area contributed by atoms with Crippen LogP contribution in [0.3, 0.4) is 0 Å². The third-order valence-electron chi connectivity index (χ3n) is 2.06. The molecule has 0 aliphatic carbocycles. The average Bonchev–Trinajstić information content (AvgIpc) is 2.10. The van der Waals surface area contributed by atoms with Gasteiger partial charge in [0.05, 0.1) is 12.6 Å². The van der Waals surface area contributed by atoms with Gasteiger partial charge >= 0.3 is 0 Å². The lowest BCUT2D eigenvalue weighted by molar-refractivity contribution is 0.180. The first-order valence-corrected chi connectivity index (χ1v) is 4.95. The smallest absolute Gasteiger partial charge is 0.0655 e. The van der Waals surface area contributed by atoms with Crippen molar-refractivity contribution in [2.75, 3.05) is 13.7 Å². The fourth-order valence-electron chi connectivity index (χ4n) is 1.30. The second-order valence-corrected chi connectivity index (χ2v) is 3.87. The van der Waals surface area contributed by atoms with Crippen LogP contribution in [0.15, 0.2) is 22.7 Å². The van der Waals surface area contributed by atoms with Gasteiger partial charge in [-0.3, -0.25) is 0 Å². The summed E-state index contributed by atoms with van der Waals surface area (Å²) in [5.41, 5.74) is 8.25. The Morgan fingerprint density at radius 3 is 2.85 bits per heavy atom. The van der Waals surface area contributed by atoms with E-state index in [2.05, 4.69) is 22.9 Å². The van der Waals surface area contributed by atoms with Crippen molar-refractivity contribution in [3.8, 4) is 0 Å². The summed E-state index contributed by atoms with van der Waals surface area (Å²) < 4.78 is 6.11. The largest absolute Gasteiger partial charge is 0.383 e. The Morgan fingerprint density at radius 2 is 2.23 bits per heavy atom. The highest BCUT2D eigenvalue weighted by atomic mass is 79.9. The van der Waals surface area contributed by atoms with E-state index in [9.17, 15) is 0 Å². The van der Waals surface area contributed by atoms with E-state index in [0.29, 0.717) is 6.61 Å². The molecule has 0 saturated carbocycles. The lowest BCUT2D eigenvalue weighted by atomic mass is 10.0. The van der Waals surface area contributed by atoms with E-state index >= 15 is 0 Å². The molecule has 0 aliphatic heterocycles. The molecule has 0 radical (unpaired) electrons. The van der Waals surface area contributed by atoms with Crippen LogP contribution in [0.2, 0.25) is 0 Å². The second kappa shape index (κ2) is 4.74. The monoisotopic (exact) mass is 243 g/mol. The molecule has 0 bridgehead atoms. The Bertz CT molecular complexity index is 288. The Labute approximate surface area is 87.2 Å². The van der Waals surface area contributed by atoms with Crippen molar-refractivity contribution in [1.29, 1.82) is 0 Å². The van der Waals surface area contributed by atoms with Crippen LogP contribution in [0.5, 0.6) is 0 Å². The van der Waals surface area contributed by atoms with Crippen molar-refractivity contribution in [2.24, 2.45) is 5.73 Å². The molecular weight excluding hydrogens is 230 g/mol. The van der Waals surface area contributed by atoms with Crippen molar-refractivity contribution in [3.63, 3.8) is 0 Å². The topological polar surface area (TPSA) is 35.2 Å². The van der Waals surface area contributed by atoms with Gasteiger partial charge in [-0.05, 0) is 24.1 Å². The number of ether oxygens (including phenoxy) is 1. The third kappa shape index (κ3) is 2.53. The quantitative estimate of drug-likeness (QED) is 0.886. The maximum Gasteiger partial charge on any atom is 0.0655 e. The summed E-state index contributed by atoms with van der Waals surface area (Å²) in [7, 11) is 1.66. The molecule has 1 aromatic carbocycles. The van der Waals surface area contributed by atoms with Crippen LogP contribution in [-0.4, -0.2) is 13.7 Å². The fraction of sp³-hybridized carbons (Fsp3) is 0.400. The molecule has 0 saturated heterocycles. The van der Waals surface area contributed by atoms with E-state index in [1.54, 1.807) is 7.11 Å². The molecule has 72 valence electrons. The number of rotatable bonds is 3. The van der Waals surface area contributed by atoms with Crippen molar-refractivity contribution in [1.82, 2.24) is 0 Å². The van der Waals surface area contributed by atoms with Gasteiger partial charge in [-0.15, -0.1) is 0 Å². The maximum atomic E-state index is 5.93. The van der Waals surface area contributed by atoms with Gasteiger partial charge in [-0.1, -0.05) is 28.1 Å². The van der Waals surface area contributed by atoms with Gasteiger partial charge in [0.15, 0.2) is 0 Å². The van der Waals surface area contributed by atoms with E-state index in [1.807, 2.05) is 18.2 Å². The summed E-state index contributed by atoms with van der Waals surface area (Å²) in [6.45, 7) is 2.60. The van der Waals surface area contributed by atoms with Gasteiger partial charge in [0.2, 0.25) is 0 Å². The molecule has 0 fully saturated rings. The molecule has 1 aromatic rings. The summed E-state index contributed by atoms with van der Waals surface area (Å²) >= 11 is 3.47. The summed E-state index contributed by atoms with van der Waals surface area (Å²) in [6.07, 6.45) is 0. The summed E-state index contributed by atoms with van der Waals surface area (Å²) in [5, 5.41) is 0. The lowest BCUT2D eigenvalue weighted by Gasteiger charge is -2.14. The predicted molar refractivity (Wildman–Crippen MR) is 57.7 cm³/mol. The standard InChI is InChI=1S/C10H14BrNO/c1-7-8(10(12)6-13-2)4-3-5-9(7)11/h3-5,10H,6,12H2,1-2H3. The number of methoxy groups -OCH3 is 1. The van der Waals surface area contributed by atoms with Gasteiger partial charge in [0, 0.05) is 11.6 Å². The van der Waals surface area contributed by atoms with Crippen molar-refractivity contribution in [2.45, 2.75) is 13.0 Å². The van der Waals surface area contributed by atoms with E-state index in [1.165, 1.54) is 5.56 Å². The minimum atomic E-state index is -0.0394. The molecule has 1 atom stereocenters. The molecule has 1 rings (SSSR count). The number of hydrogen-bond acceptors (Lipinski definition) is 2. The van der Waals surface area contributed by atoms with Gasteiger partial charge in [-0.25, -0.2) is 0 Å². The van der Waals surface area contributed by atoms with E-state index in [0.717, 1.165) is 10.0 Å². The van der Waals surface area contributed by atoms with Crippen molar-refractivity contribution in [3.05, 3.63) is 33.8 Å². The first-order chi connectivity index (χ1) is 6.16. The molecule has 13 heavy (non-hydrogen) atoms. The first kappa shape index (κ1) is 10.7. The second-order valence-electron chi connectivity index (χ2n) is 3.02. The number of halogens is 1. The van der Waals surface area contributed by atoms with Crippen LogP contribution in [0.4, 0.5) is 0 Å². The van der Waals surface area contributed by atoms with Crippen molar-refractivity contribution < 1.29 is 4.74 Å². The fourth-order valence-corrected chi connectivity index (χ4v) is 1.68. The number of hydrogen-bond donors (Lipinski definition) is 1. The predicted octanol–water partition coefficient (Wildman–Crippen LogP) is 2.40. The Hall–Kier alpha value is -0.380. The lowest BCUT2D eigenvalue weighted by Crippen LogP contribution is -2.17. The van der Waals surface area contributed by atoms with E-state index in [-0.39, 0.29) is 6.04 Å². The number of benzene rings is 1. The molecule has 0 aliphatic rings. The molecule has 0 aromatic heterocycles. The molecule has 2 nitrogen and oxygen atoms in total. The molecule has 0 amide bonds. The average molecular weight is 244 g/mol. The first-order valence-electron chi connectivity index (χ1n) is 4.16. The summed E-state index contributed by atoms with van der Waals surface area (Å²) in [4.78, 5) is 0. The van der Waals surface area contributed by atoms with Crippen LogP contribution < -0.4 is 5.73 Å².